The molecular formula is C56H39BN6OPt-2. The quantitative estimate of drug-likeness (QED) is 0.0864. The number of para-hydroxylation sites is 6. The number of pyridine rings is 1. The Morgan fingerprint density at radius 2 is 1.15 bits per heavy atom. The molecule has 9 heteroatoms. The number of nitrogens with zero attached hydrogens (tertiary/aromatic N) is 6. The van der Waals surface area contributed by atoms with E-state index in [1.165, 1.54) is 27.4 Å². The third-order valence-electron chi connectivity index (χ3n) is 12.3. The number of ether oxygens (including phenoxy) is 1. The Morgan fingerprint density at radius 3 is 1.92 bits per heavy atom. The van der Waals surface area contributed by atoms with Gasteiger partial charge in [0.1, 0.15) is 5.82 Å². The van der Waals surface area contributed by atoms with E-state index in [1.54, 1.807) is 0 Å². The van der Waals surface area contributed by atoms with E-state index in [1.807, 2.05) is 42.6 Å². The number of hydrogen-bond donors (Lipinski definition) is 0. The van der Waals surface area contributed by atoms with Gasteiger partial charge >= 0.3 is 6.98 Å². The Balaban J connectivity index is 0.00000469. The maximum Gasteiger partial charge on any atom is 0.420 e. The third-order valence-corrected chi connectivity index (χ3v) is 12.3. The number of imidazole rings is 1. The summed E-state index contributed by atoms with van der Waals surface area (Å²) >= 11 is 0. The van der Waals surface area contributed by atoms with Gasteiger partial charge in [-0.2, -0.15) is 18.2 Å². The van der Waals surface area contributed by atoms with Gasteiger partial charge in [0.25, 0.3) is 6.33 Å². The first-order chi connectivity index (χ1) is 31.6. The van der Waals surface area contributed by atoms with Crippen LogP contribution in [0.15, 0.2) is 200 Å². The first kappa shape index (κ1) is 40.1. The van der Waals surface area contributed by atoms with Crippen LogP contribution in [0.1, 0.15) is 11.1 Å². The molecule has 7 nitrogen and oxygen atoms in total. The van der Waals surface area contributed by atoms with Crippen LogP contribution in [-0.4, -0.2) is 21.1 Å². The summed E-state index contributed by atoms with van der Waals surface area (Å²) in [5, 5.41) is 2.38. The van der Waals surface area contributed by atoms with Crippen molar-refractivity contribution in [1.82, 2.24) is 14.1 Å². The van der Waals surface area contributed by atoms with Gasteiger partial charge in [0.05, 0.1) is 33.4 Å². The molecule has 65 heavy (non-hydrogen) atoms. The monoisotopic (exact) mass is 1020 g/mol. The average molecular weight is 1020 g/mol. The van der Waals surface area contributed by atoms with Gasteiger partial charge in [-0.15, -0.1) is 30.3 Å². The fourth-order valence-corrected chi connectivity index (χ4v) is 9.56. The Morgan fingerprint density at radius 1 is 0.538 bits per heavy atom. The summed E-state index contributed by atoms with van der Waals surface area (Å²) in [7, 11) is 0. The summed E-state index contributed by atoms with van der Waals surface area (Å²) in [6.45, 7) is 4.15. The van der Waals surface area contributed by atoms with Gasteiger partial charge in [-0.05, 0) is 73.5 Å². The molecule has 0 radical (unpaired) electrons. The third kappa shape index (κ3) is 6.72. The second kappa shape index (κ2) is 16.5. The minimum absolute atomic E-state index is 0. The molecule has 0 spiro atoms. The molecule has 0 saturated heterocycles. The summed E-state index contributed by atoms with van der Waals surface area (Å²) in [6.07, 6.45) is 5.60. The predicted molar refractivity (Wildman–Crippen MR) is 258 cm³/mol. The van der Waals surface area contributed by atoms with Crippen LogP contribution in [0.4, 0.5) is 22.9 Å². The molecular weight excluding hydrogens is 979 g/mol. The summed E-state index contributed by atoms with van der Waals surface area (Å²) in [5.41, 5.74) is 13.8. The summed E-state index contributed by atoms with van der Waals surface area (Å²) < 4.78 is 13.3. The first-order valence-corrected chi connectivity index (χ1v) is 21.5. The van der Waals surface area contributed by atoms with Crippen LogP contribution in [0, 0.1) is 32.3 Å². The molecule has 314 valence electrons. The van der Waals surface area contributed by atoms with Crippen LogP contribution in [0.2, 0.25) is 0 Å². The Kier molecular flexibility index (Phi) is 10.2. The van der Waals surface area contributed by atoms with E-state index in [0.29, 0.717) is 11.5 Å². The van der Waals surface area contributed by atoms with Crippen molar-refractivity contribution in [2.75, 3.05) is 9.62 Å². The fourth-order valence-electron chi connectivity index (χ4n) is 9.56. The molecule has 3 aromatic heterocycles. The van der Waals surface area contributed by atoms with Gasteiger partial charge in [0.15, 0.2) is 0 Å². The largest absolute Gasteiger partial charge is 0.510 e. The fraction of sp³-hybridized carbons (Fsp3) is 0.0357. The number of benzene rings is 8. The zero-order valence-electron chi connectivity index (χ0n) is 35.5. The molecule has 0 unspecified atom stereocenters. The van der Waals surface area contributed by atoms with Crippen molar-refractivity contribution >= 4 is 68.2 Å². The van der Waals surface area contributed by atoms with Crippen LogP contribution in [0.25, 0.3) is 49.9 Å². The molecule has 1 aliphatic heterocycles. The van der Waals surface area contributed by atoms with Crippen molar-refractivity contribution in [3.8, 4) is 28.6 Å². The molecule has 0 bridgehead atoms. The number of hydrogen-bond acceptors (Lipinski definition) is 4. The minimum Gasteiger partial charge on any atom is -0.510 e. The normalized spacial score (nSPS) is 12.2. The van der Waals surface area contributed by atoms with Crippen molar-refractivity contribution in [3.63, 3.8) is 0 Å². The zero-order valence-corrected chi connectivity index (χ0v) is 37.8. The van der Waals surface area contributed by atoms with Crippen LogP contribution in [-0.2, 0) is 21.1 Å². The average Bonchev–Trinajstić information content (AvgIpc) is 4.01. The van der Waals surface area contributed by atoms with Gasteiger partial charge in [0, 0.05) is 60.9 Å². The van der Waals surface area contributed by atoms with Crippen LogP contribution < -0.4 is 24.4 Å². The molecule has 0 aliphatic carbocycles. The number of anilines is 4. The Labute approximate surface area is 392 Å². The summed E-state index contributed by atoms with van der Waals surface area (Å²) in [4.78, 5) is 9.65. The molecule has 1 aliphatic rings. The molecule has 0 atom stereocenters. The van der Waals surface area contributed by atoms with E-state index in [2.05, 4.69) is 213 Å². The van der Waals surface area contributed by atoms with Crippen molar-refractivity contribution in [1.29, 1.82) is 0 Å². The molecule has 0 saturated carbocycles. The molecule has 0 N–H and O–H groups in total. The number of aromatic nitrogens is 4. The van der Waals surface area contributed by atoms with Gasteiger partial charge in [-0.3, -0.25) is 4.57 Å². The van der Waals surface area contributed by atoms with Crippen LogP contribution >= 0.6 is 0 Å². The van der Waals surface area contributed by atoms with Gasteiger partial charge in [0.2, 0.25) is 0 Å². The SMILES string of the molecule is Cc1cccc(C)c1B1N(c2ccccc2)c2cccnc2N1c1[c-]c(Oc2[c-]c(-n3[c-][n+](-c4cccc5c6ccccc6n(-c6ccccc6)c45)c4ccccc43)ccc2)ccc1.[Pt]. The van der Waals surface area contributed by atoms with E-state index in [9.17, 15) is 0 Å². The van der Waals surface area contributed by atoms with E-state index >= 15 is 0 Å². The van der Waals surface area contributed by atoms with Crippen molar-refractivity contribution in [2.24, 2.45) is 0 Å². The minimum atomic E-state index is -0.223. The standard InChI is InChI=1S/C56H39BN6O.Pt/c1-39-18-13-19-40(2)54(39)57-62(42-22-7-4-8-23-42)53-34-17-35-58-56(53)63(57)44-25-15-27-46(37-44)64-45-26-14-24-43(36-45)59-38-60(51-32-12-11-31-50(51)59)52-33-16-29-48-47-28-9-10-30-49(47)61(55(48)52)41-20-5-3-6-21-41;/h3-35H,1-2H3;/q-2;. The maximum absolute atomic E-state index is 6.68. The summed E-state index contributed by atoms with van der Waals surface area (Å²) in [6, 6.07) is 74.6. The molecule has 0 amide bonds. The molecule has 8 aromatic carbocycles. The Hall–Kier alpha value is -7.67. The maximum atomic E-state index is 6.68. The van der Waals surface area contributed by atoms with E-state index in [0.717, 1.165) is 62.0 Å². The topological polar surface area (TPSA) is 42.3 Å². The Bertz CT molecular complexity index is 3530. The van der Waals surface area contributed by atoms with Gasteiger partial charge in [-0.1, -0.05) is 126 Å². The summed E-state index contributed by atoms with van der Waals surface area (Å²) in [5.74, 6) is 1.98. The van der Waals surface area contributed by atoms with E-state index in [-0.39, 0.29) is 28.0 Å². The second-order valence-corrected chi connectivity index (χ2v) is 16.1. The smallest absolute Gasteiger partial charge is 0.420 e. The predicted octanol–water partition coefficient (Wildman–Crippen LogP) is 11.9. The molecule has 12 rings (SSSR count). The van der Waals surface area contributed by atoms with Crippen molar-refractivity contribution < 1.29 is 30.4 Å². The van der Waals surface area contributed by atoms with Crippen LogP contribution in [0.5, 0.6) is 11.5 Å². The van der Waals surface area contributed by atoms with E-state index in [4.69, 9.17) is 9.72 Å². The van der Waals surface area contributed by atoms with Gasteiger partial charge < -0.3 is 23.5 Å². The van der Waals surface area contributed by atoms with Gasteiger partial charge in [-0.25, -0.2) is 4.98 Å². The number of fused-ring (bicyclic) bond motifs is 5. The van der Waals surface area contributed by atoms with Crippen molar-refractivity contribution in [2.45, 2.75) is 13.8 Å². The van der Waals surface area contributed by atoms with E-state index < -0.39 is 0 Å². The van der Waals surface area contributed by atoms with Crippen molar-refractivity contribution in [3.05, 3.63) is 230 Å². The second-order valence-electron chi connectivity index (χ2n) is 16.1. The molecule has 4 heterocycles. The number of rotatable bonds is 8. The molecule has 11 aromatic rings. The van der Waals surface area contributed by atoms with Crippen LogP contribution in [0.3, 0.4) is 0 Å². The molecule has 0 fully saturated rings. The number of aryl methyl sites for hydroxylation is 2. The first-order valence-electron chi connectivity index (χ1n) is 21.5. The zero-order chi connectivity index (χ0) is 42.7.